The number of hydrogen-bond acceptors (Lipinski definition) is 8. The van der Waals surface area contributed by atoms with E-state index in [2.05, 4.69) is 25.6 Å². The number of carbonyl (C=O) groups excluding carboxylic acids is 2. The van der Waals surface area contributed by atoms with Crippen molar-refractivity contribution in [1.29, 1.82) is 0 Å². The third kappa shape index (κ3) is 4.69. The molecule has 11 heteroatoms. The normalized spacial score (nSPS) is 10.4. The van der Waals surface area contributed by atoms with Gasteiger partial charge in [0, 0.05) is 5.69 Å². The molecule has 3 aromatic rings. The van der Waals surface area contributed by atoms with E-state index in [9.17, 15) is 14.0 Å². The molecule has 1 heterocycles. The SMILES string of the molecule is COC(=O)c1cc(NC(=O)CSc2nnnn2-c2ccccc2OC)ccc1F. The zero-order valence-corrected chi connectivity index (χ0v) is 16.3. The van der Waals surface area contributed by atoms with Gasteiger partial charge in [0.15, 0.2) is 0 Å². The predicted molar refractivity (Wildman–Crippen MR) is 103 cm³/mol. The maximum Gasteiger partial charge on any atom is 0.340 e. The molecule has 1 N–H and O–H groups in total. The monoisotopic (exact) mass is 417 g/mol. The first-order valence-electron chi connectivity index (χ1n) is 8.25. The molecule has 1 amide bonds. The Morgan fingerprint density at radius 1 is 1.21 bits per heavy atom. The second kappa shape index (κ2) is 9.15. The van der Waals surface area contributed by atoms with Gasteiger partial charge in [0.1, 0.15) is 17.3 Å². The topological polar surface area (TPSA) is 108 Å². The summed E-state index contributed by atoms with van der Waals surface area (Å²) in [4.78, 5) is 23.8. The fourth-order valence-electron chi connectivity index (χ4n) is 2.42. The number of rotatable bonds is 7. The number of aromatic nitrogens is 4. The Hall–Kier alpha value is -3.47. The van der Waals surface area contributed by atoms with Crippen LogP contribution in [0.5, 0.6) is 5.75 Å². The number of nitrogens with zero attached hydrogens (tertiary/aromatic N) is 4. The molecule has 1 aromatic heterocycles. The molecule has 0 fully saturated rings. The number of halogens is 1. The van der Waals surface area contributed by atoms with E-state index in [1.807, 2.05) is 12.1 Å². The predicted octanol–water partition coefficient (Wildman–Crippen LogP) is 2.33. The lowest BCUT2D eigenvalue weighted by Gasteiger charge is -2.09. The summed E-state index contributed by atoms with van der Waals surface area (Å²) in [7, 11) is 2.68. The lowest BCUT2D eigenvalue weighted by atomic mass is 10.2. The Morgan fingerprint density at radius 3 is 2.76 bits per heavy atom. The number of nitrogens with one attached hydrogen (secondary N) is 1. The molecule has 0 aliphatic heterocycles. The number of para-hydroxylation sites is 2. The lowest BCUT2D eigenvalue weighted by molar-refractivity contribution is -0.113. The van der Waals surface area contributed by atoms with Gasteiger partial charge in [-0.05, 0) is 40.8 Å². The highest BCUT2D eigenvalue weighted by molar-refractivity contribution is 7.99. The third-order valence-corrected chi connectivity index (χ3v) is 4.66. The van der Waals surface area contributed by atoms with E-state index < -0.39 is 11.8 Å². The van der Waals surface area contributed by atoms with Crippen molar-refractivity contribution in [2.75, 3.05) is 25.3 Å². The molecule has 2 aromatic carbocycles. The molecule has 0 spiro atoms. The van der Waals surface area contributed by atoms with Crippen molar-refractivity contribution in [3.63, 3.8) is 0 Å². The minimum Gasteiger partial charge on any atom is -0.494 e. The van der Waals surface area contributed by atoms with Gasteiger partial charge in [-0.15, -0.1) is 5.10 Å². The van der Waals surface area contributed by atoms with Crippen LogP contribution in [-0.4, -0.2) is 52.1 Å². The zero-order chi connectivity index (χ0) is 20.8. The highest BCUT2D eigenvalue weighted by atomic mass is 32.2. The van der Waals surface area contributed by atoms with Crippen LogP contribution >= 0.6 is 11.8 Å². The first-order chi connectivity index (χ1) is 14.0. The van der Waals surface area contributed by atoms with Crippen LogP contribution in [0.25, 0.3) is 5.69 Å². The van der Waals surface area contributed by atoms with Crippen LogP contribution in [0.3, 0.4) is 0 Å². The molecule has 0 radical (unpaired) electrons. The van der Waals surface area contributed by atoms with Gasteiger partial charge >= 0.3 is 5.97 Å². The number of anilines is 1. The Bertz CT molecular complexity index is 1040. The minimum atomic E-state index is -0.830. The first-order valence-corrected chi connectivity index (χ1v) is 9.24. The fourth-order valence-corrected chi connectivity index (χ4v) is 3.11. The first kappa shape index (κ1) is 20.3. The summed E-state index contributed by atoms with van der Waals surface area (Å²) in [5, 5.41) is 14.5. The summed E-state index contributed by atoms with van der Waals surface area (Å²) < 4.78 is 25.0. The number of amides is 1. The van der Waals surface area contributed by atoms with Crippen molar-refractivity contribution in [2.45, 2.75) is 5.16 Å². The van der Waals surface area contributed by atoms with Crippen LogP contribution in [0, 0.1) is 5.82 Å². The highest BCUT2D eigenvalue weighted by Crippen LogP contribution is 2.25. The van der Waals surface area contributed by atoms with E-state index in [0.29, 0.717) is 16.6 Å². The van der Waals surface area contributed by atoms with Gasteiger partial charge in [-0.2, -0.15) is 4.68 Å². The molecule has 29 heavy (non-hydrogen) atoms. The van der Waals surface area contributed by atoms with Crippen LogP contribution in [0.15, 0.2) is 47.6 Å². The molecule has 9 nitrogen and oxygen atoms in total. The third-order valence-electron chi connectivity index (χ3n) is 3.74. The summed E-state index contributed by atoms with van der Waals surface area (Å²) in [5.74, 6) is -1.38. The second-order valence-electron chi connectivity index (χ2n) is 5.57. The fraction of sp³-hybridized carbons (Fsp3) is 0.167. The molecular formula is C18H16FN5O4S. The van der Waals surface area contributed by atoms with E-state index in [1.54, 1.807) is 12.1 Å². The number of hydrogen-bond donors (Lipinski definition) is 1. The van der Waals surface area contributed by atoms with Gasteiger partial charge in [-0.1, -0.05) is 23.9 Å². The van der Waals surface area contributed by atoms with Gasteiger partial charge in [0.05, 0.1) is 25.5 Å². The van der Waals surface area contributed by atoms with Crippen molar-refractivity contribution in [3.8, 4) is 11.4 Å². The Balaban J connectivity index is 1.68. The van der Waals surface area contributed by atoms with Crippen molar-refractivity contribution < 1.29 is 23.5 Å². The van der Waals surface area contributed by atoms with Crippen molar-refractivity contribution >= 4 is 29.3 Å². The van der Waals surface area contributed by atoms with Crippen LogP contribution < -0.4 is 10.1 Å². The standard InChI is InChI=1S/C18H16FN5O4S/c1-27-15-6-4-3-5-14(15)24-18(21-22-23-24)29-10-16(25)20-11-7-8-13(19)12(9-11)17(26)28-2/h3-9H,10H2,1-2H3,(H,20,25). The molecule has 3 rings (SSSR count). The average Bonchev–Trinajstić information content (AvgIpc) is 3.21. The number of methoxy groups -OCH3 is 2. The summed E-state index contributed by atoms with van der Waals surface area (Å²) >= 11 is 1.11. The van der Waals surface area contributed by atoms with E-state index in [-0.39, 0.29) is 22.9 Å². The van der Waals surface area contributed by atoms with Gasteiger partial charge < -0.3 is 14.8 Å². The number of tetrazole rings is 1. The molecule has 0 bridgehead atoms. The van der Waals surface area contributed by atoms with Gasteiger partial charge in [0.2, 0.25) is 11.1 Å². The minimum absolute atomic E-state index is 0.0134. The number of esters is 1. The maximum atomic E-state index is 13.7. The largest absolute Gasteiger partial charge is 0.494 e. The second-order valence-corrected chi connectivity index (χ2v) is 6.51. The van der Waals surface area contributed by atoms with Crippen molar-refractivity contribution in [2.24, 2.45) is 0 Å². The van der Waals surface area contributed by atoms with E-state index in [1.165, 1.54) is 23.9 Å². The van der Waals surface area contributed by atoms with Gasteiger partial charge in [-0.3, -0.25) is 4.79 Å². The average molecular weight is 417 g/mol. The van der Waals surface area contributed by atoms with Crippen LogP contribution in [0.4, 0.5) is 10.1 Å². The van der Waals surface area contributed by atoms with Crippen LogP contribution in [0.2, 0.25) is 0 Å². The Kier molecular flexibility index (Phi) is 6.39. The number of carbonyl (C=O) groups is 2. The molecule has 0 aliphatic carbocycles. The van der Waals surface area contributed by atoms with Crippen LogP contribution in [0.1, 0.15) is 10.4 Å². The summed E-state index contributed by atoms with van der Waals surface area (Å²) in [6.07, 6.45) is 0. The number of ether oxygens (including phenoxy) is 2. The van der Waals surface area contributed by atoms with Crippen LogP contribution in [-0.2, 0) is 9.53 Å². The molecule has 0 aliphatic rings. The summed E-state index contributed by atoms with van der Waals surface area (Å²) in [6.45, 7) is 0. The maximum absolute atomic E-state index is 13.7. The molecule has 0 atom stereocenters. The van der Waals surface area contributed by atoms with Crippen molar-refractivity contribution in [3.05, 3.63) is 53.8 Å². The van der Waals surface area contributed by atoms with Crippen molar-refractivity contribution in [1.82, 2.24) is 20.2 Å². The molecule has 0 unspecified atom stereocenters. The number of thioether (sulfide) groups is 1. The van der Waals surface area contributed by atoms with Gasteiger partial charge in [0.25, 0.3) is 0 Å². The van der Waals surface area contributed by atoms with E-state index in [0.717, 1.165) is 24.9 Å². The molecular weight excluding hydrogens is 401 g/mol. The summed E-state index contributed by atoms with van der Waals surface area (Å²) in [5.41, 5.74) is 0.629. The highest BCUT2D eigenvalue weighted by Gasteiger charge is 2.16. The zero-order valence-electron chi connectivity index (χ0n) is 15.5. The van der Waals surface area contributed by atoms with E-state index in [4.69, 9.17) is 4.74 Å². The van der Waals surface area contributed by atoms with E-state index >= 15 is 0 Å². The van der Waals surface area contributed by atoms with Gasteiger partial charge in [-0.25, -0.2) is 9.18 Å². The summed E-state index contributed by atoms with van der Waals surface area (Å²) in [6, 6.07) is 10.8. The molecule has 0 saturated heterocycles. The quantitative estimate of drug-likeness (QED) is 0.461. The lowest BCUT2D eigenvalue weighted by Crippen LogP contribution is -2.15. The number of benzene rings is 2. The Morgan fingerprint density at radius 2 is 2.00 bits per heavy atom. The smallest absolute Gasteiger partial charge is 0.340 e. The molecule has 0 saturated carbocycles. The Labute approximate surface area is 169 Å². The molecule has 150 valence electrons.